The lowest BCUT2D eigenvalue weighted by molar-refractivity contribution is 0.0589. The molecule has 3 aromatic rings. The summed E-state index contributed by atoms with van der Waals surface area (Å²) in [5, 5.41) is 0. The van der Waals surface area contributed by atoms with Gasteiger partial charge in [-0.15, -0.1) is 0 Å². The molecule has 4 rings (SSSR count). The predicted molar refractivity (Wildman–Crippen MR) is 152 cm³/mol. The van der Waals surface area contributed by atoms with Crippen LogP contribution >= 0.6 is 0 Å². The second-order valence-electron chi connectivity index (χ2n) is 9.27. The van der Waals surface area contributed by atoms with Crippen LogP contribution in [0, 0.1) is 0 Å². The number of rotatable bonds is 11. The zero-order valence-corrected chi connectivity index (χ0v) is 24.4. The molecule has 1 heterocycles. The number of nitrogens with zero attached hydrogens (tertiary/aromatic N) is 2. The number of amides is 1. The summed E-state index contributed by atoms with van der Waals surface area (Å²) >= 11 is 0. The van der Waals surface area contributed by atoms with Crippen molar-refractivity contribution in [2.75, 3.05) is 47.6 Å². The van der Waals surface area contributed by atoms with Crippen LogP contribution in [0.4, 0.5) is 0 Å². The molecule has 40 heavy (non-hydrogen) atoms. The highest BCUT2D eigenvalue weighted by atomic mass is 32.2. The Kier molecular flexibility index (Phi) is 9.21. The first-order chi connectivity index (χ1) is 19.3. The molecule has 0 aromatic heterocycles. The average molecular weight is 569 g/mol. The third-order valence-corrected chi connectivity index (χ3v) is 9.24. The predicted octanol–water partition coefficient (Wildman–Crippen LogP) is 4.56. The molecular weight excluding hydrogens is 532 g/mol. The van der Waals surface area contributed by atoms with E-state index in [4.69, 9.17) is 18.9 Å². The van der Waals surface area contributed by atoms with Crippen LogP contribution in [0.15, 0.2) is 65.6 Å². The number of methoxy groups -OCH3 is 3. The van der Waals surface area contributed by atoms with Gasteiger partial charge in [0.05, 0.1) is 32.3 Å². The van der Waals surface area contributed by atoms with Gasteiger partial charge in [0.1, 0.15) is 18.1 Å². The quantitative estimate of drug-likeness (QED) is 0.335. The fourth-order valence-electron chi connectivity index (χ4n) is 4.95. The molecule has 0 aliphatic carbocycles. The van der Waals surface area contributed by atoms with Crippen molar-refractivity contribution < 1.29 is 32.2 Å². The maximum absolute atomic E-state index is 13.8. The van der Waals surface area contributed by atoms with Crippen LogP contribution in [-0.2, 0) is 16.4 Å². The molecule has 1 atom stereocenters. The summed E-state index contributed by atoms with van der Waals surface area (Å²) in [6.07, 6.45) is 0.620. The Bertz CT molecular complexity index is 1420. The van der Waals surface area contributed by atoms with Gasteiger partial charge in [-0.25, -0.2) is 8.42 Å². The number of fused-ring (bicyclic) bond motifs is 1. The molecular formula is C30H36N2O7S. The maximum atomic E-state index is 13.8. The van der Waals surface area contributed by atoms with E-state index in [0.29, 0.717) is 48.9 Å². The van der Waals surface area contributed by atoms with E-state index in [2.05, 4.69) is 0 Å². The van der Waals surface area contributed by atoms with Gasteiger partial charge in [0, 0.05) is 25.2 Å². The molecule has 0 fully saturated rings. The highest BCUT2D eigenvalue weighted by Crippen LogP contribution is 2.39. The van der Waals surface area contributed by atoms with E-state index in [0.717, 1.165) is 16.9 Å². The summed E-state index contributed by atoms with van der Waals surface area (Å²) in [7, 11) is 1.15. The third kappa shape index (κ3) is 5.88. The Morgan fingerprint density at radius 3 is 2.05 bits per heavy atom. The Labute approximate surface area is 236 Å². The molecule has 1 amide bonds. The van der Waals surface area contributed by atoms with Gasteiger partial charge in [-0.2, -0.15) is 4.31 Å². The van der Waals surface area contributed by atoms with E-state index < -0.39 is 16.1 Å². The monoisotopic (exact) mass is 568 g/mol. The molecule has 0 unspecified atom stereocenters. The Hall–Kier alpha value is -3.76. The second-order valence-corrected chi connectivity index (χ2v) is 11.2. The Balaban J connectivity index is 1.66. The lowest BCUT2D eigenvalue weighted by Gasteiger charge is -2.37. The summed E-state index contributed by atoms with van der Waals surface area (Å²) in [4.78, 5) is 15.8. The van der Waals surface area contributed by atoms with Gasteiger partial charge in [0.15, 0.2) is 11.5 Å². The smallest absolute Gasteiger partial charge is 0.254 e. The molecule has 1 aliphatic rings. The van der Waals surface area contributed by atoms with E-state index in [1.165, 1.54) is 16.4 Å². The first-order valence-corrected chi connectivity index (χ1v) is 14.6. The largest absolute Gasteiger partial charge is 0.497 e. The van der Waals surface area contributed by atoms with Crippen LogP contribution in [0.25, 0.3) is 0 Å². The number of carbonyl (C=O) groups is 1. The Morgan fingerprint density at radius 1 is 0.875 bits per heavy atom. The van der Waals surface area contributed by atoms with Crippen LogP contribution in [0.1, 0.15) is 41.4 Å². The van der Waals surface area contributed by atoms with Crippen molar-refractivity contribution >= 4 is 15.9 Å². The second kappa shape index (κ2) is 12.6. The number of hydrogen-bond donors (Lipinski definition) is 0. The van der Waals surface area contributed by atoms with E-state index in [1.54, 1.807) is 52.2 Å². The molecule has 0 spiro atoms. The minimum absolute atomic E-state index is 0.160. The van der Waals surface area contributed by atoms with E-state index in [9.17, 15) is 13.2 Å². The molecule has 10 heteroatoms. The van der Waals surface area contributed by atoms with Gasteiger partial charge in [-0.1, -0.05) is 13.8 Å². The summed E-state index contributed by atoms with van der Waals surface area (Å²) in [6.45, 7) is 5.00. The molecule has 1 aliphatic heterocycles. The summed E-state index contributed by atoms with van der Waals surface area (Å²) < 4.78 is 49.7. The fourth-order valence-corrected chi connectivity index (χ4v) is 6.40. The van der Waals surface area contributed by atoms with E-state index in [-0.39, 0.29) is 17.4 Å². The number of ether oxygens (including phenoxy) is 4. The highest BCUT2D eigenvalue weighted by Gasteiger charge is 2.34. The van der Waals surface area contributed by atoms with Crippen molar-refractivity contribution in [2.24, 2.45) is 0 Å². The van der Waals surface area contributed by atoms with Crippen LogP contribution < -0.4 is 18.9 Å². The molecule has 0 bridgehead atoms. The van der Waals surface area contributed by atoms with Crippen LogP contribution in [0.5, 0.6) is 23.0 Å². The van der Waals surface area contributed by atoms with Gasteiger partial charge in [-0.3, -0.25) is 4.79 Å². The minimum atomic E-state index is -3.62. The van der Waals surface area contributed by atoms with Crippen LogP contribution in [0.2, 0.25) is 0 Å². The van der Waals surface area contributed by atoms with Gasteiger partial charge >= 0.3 is 0 Å². The summed E-state index contributed by atoms with van der Waals surface area (Å²) in [6, 6.07) is 16.8. The Morgan fingerprint density at radius 2 is 1.48 bits per heavy atom. The zero-order chi connectivity index (χ0) is 28.9. The van der Waals surface area contributed by atoms with Crippen molar-refractivity contribution in [3.63, 3.8) is 0 Å². The van der Waals surface area contributed by atoms with Crippen LogP contribution in [-0.4, -0.2) is 71.1 Å². The summed E-state index contributed by atoms with van der Waals surface area (Å²) in [5.41, 5.74) is 2.36. The van der Waals surface area contributed by atoms with E-state index >= 15 is 0 Å². The van der Waals surface area contributed by atoms with Gasteiger partial charge in [-0.05, 0) is 78.2 Å². The molecule has 214 valence electrons. The van der Waals surface area contributed by atoms with E-state index in [1.807, 2.05) is 36.4 Å². The van der Waals surface area contributed by atoms with Crippen molar-refractivity contribution in [1.29, 1.82) is 0 Å². The van der Waals surface area contributed by atoms with Gasteiger partial charge in [0.25, 0.3) is 5.91 Å². The molecule has 0 saturated heterocycles. The maximum Gasteiger partial charge on any atom is 0.254 e. The lowest BCUT2D eigenvalue weighted by Crippen LogP contribution is -2.42. The average Bonchev–Trinajstić information content (AvgIpc) is 2.99. The molecule has 0 radical (unpaired) electrons. The molecule has 3 aromatic carbocycles. The van der Waals surface area contributed by atoms with Crippen molar-refractivity contribution in [3.8, 4) is 23.0 Å². The number of hydrogen-bond acceptors (Lipinski definition) is 7. The fraction of sp³-hybridized carbons (Fsp3) is 0.367. The van der Waals surface area contributed by atoms with Crippen molar-refractivity contribution in [3.05, 3.63) is 77.4 Å². The topological polar surface area (TPSA) is 94.6 Å². The van der Waals surface area contributed by atoms with Crippen LogP contribution in [0.3, 0.4) is 0 Å². The number of sulfonamides is 1. The summed E-state index contributed by atoms with van der Waals surface area (Å²) in [5.74, 6) is 2.34. The first-order valence-electron chi connectivity index (χ1n) is 13.2. The molecule has 9 nitrogen and oxygen atoms in total. The zero-order valence-electron chi connectivity index (χ0n) is 23.5. The SMILES string of the molecule is CCN(CC)S(=O)(=O)c1ccc(C(=O)N2CCc3cc(OC)c(OC)cc3[C@@H]2COc2ccc(OC)cc2)cc1. The highest BCUT2D eigenvalue weighted by molar-refractivity contribution is 7.89. The first kappa shape index (κ1) is 29.2. The number of benzene rings is 3. The molecule has 0 saturated carbocycles. The standard InChI is InChI=1S/C30H36N2O7S/c1-6-31(7-2)40(34,35)25-14-8-21(9-15-25)30(33)32-17-16-22-18-28(37-4)29(38-5)19-26(22)27(32)20-39-24-12-10-23(36-3)11-13-24/h8-15,18-19,27H,6-7,16-17,20H2,1-5H3/t27-/m0/s1. The molecule has 0 N–H and O–H groups in total. The van der Waals surface area contributed by atoms with Gasteiger partial charge in [0.2, 0.25) is 10.0 Å². The minimum Gasteiger partial charge on any atom is -0.497 e. The normalized spacial score (nSPS) is 14.9. The number of carbonyl (C=O) groups excluding carboxylic acids is 1. The van der Waals surface area contributed by atoms with Gasteiger partial charge < -0.3 is 23.8 Å². The third-order valence-electron chi connectivity index (χ3n) is 7.18. The van der Waals surface area contributed by atoms with Crippen molar-refractivity contribution in [2.45, 2.75) is 31.2 Å². The van der Waals surface area contributed by atoms with Crippen molar-refractivity contribution in [1.82, 2.24) is 9.21 Å². The lowest BCUT2D eigenvalue weighted by atomic mass is 9.91.